The molecule has 3 unspecified atom stereocenters. The number of carbonyl (C=O) groups excluding carboxylic acids is 2. The Morgan fingerprint density at radius 3 is 2.38 bits per heavy atom. The lowest BCUT2D eigenvalue weighted by Crippen LogP contribution is -2.57. The van der Waals surface area contributed by atoms with E-state index in [-0.39, 0.29) is 35.8 Å². The SMILES string of the molecule is CC1CN(C(=O)CC(CNC(=O)N2CCOCC2)c2ccc(Cl)cc2)C(C)CN1Cc1ccc(F)cc1. The number of rotatable bonds is 7. The highest BCUT2D eigenvalue weighted by atomic mass is 35.5. The number of hydrogen-bond donors (Lipinski definition) is 1. The summed E-state index contributed by atoms with van der Waals surface area (Å²) < 4.78 is 18.6. The molecule has 0 saturated carbocycles. The van der Waals surface area contributed by atoms with E-state index in [0.717, 1.165) is 24.2 Å². The molecule has 0 spiro atoms. The minimum Gasteiger partial charge on any atom is -0.378 e. The molecule has 3 atom stereocenters. The molecule has 1 N–H and O–H groups in total. The highest BCUT2D eigenvalue weighted by Gasteiger charge is 2.33. The highest BCUT2D eigenvalue weighted by molar-refractivity contribution is 6.30. The number of ether oxygens (including phenoxy) is 1. The van der Waals surface area contributed by atoms with Gasteiger partial charge >= 0.3 is 6.03 Å². The molecule has 2 aromatic carbocycles. The molecule has 2 aliphatic rings. The fraction of sp³-hybridized carbons (Fsp3) is 0.500. The van der Waals surface area contributed by atoms with Gasteiger partial charge in [-0.1, -0.05) is 35.9 Å². The third kappa shape index (κ3) is 7.43. The maximum absolute atomic E-state index is 13.6. The first-order chi connectivity index (χ1) is 17.8. The van der Waals surface area contributed by atoms with E-state index in [2.05, 4.69) is 24.1 Å². The van der Waals surface area contributed by atoms with Gasteiger partial charge in [0, 0.05) is 68.7 Å². The van der Waals surface area contributed by atoms with Crippen LogP contribution in [0.15, 0.2) is 48.5 Å². The van der Waals surface area contributed by atoms with E-state index < -0.39 is 0 Å². The molecule has 3 amide bonds. The molecule has 4 rings (SSSR count). The van der Waals surface area contributed by atoms with Gasteiger partial charge in [-0.25, -0.2) is 9.18 Å². The van der Waals surface area contributed by atoms with Gasteiger partial charge in [-0.15, -0.1) is 0 Å². The maximum Gasteiger partial charge on any atom is 0.317 e. The van der Waals surface area contributed by atoms with Gasteiger partial charge in [0.15, 0.2) is 0 Å². The molecule has 0 aromatic heterocycles. The molecular formula is C28H36ClFN4O3. The maximum atomic E-state index is 13.6. The van der Waals surface area contributed by atoms with Crippen LogP contribution in [-0.2, 0) is 16.1 Å². The van der Waals surface area contributed by atoms with Gasteiger partial charge in [-0.3, -0.25) is 9.69 Å². The predicted octanol–water partition coefficient (Wildman–Crippen LogP) is 4.12. The van der Waals surface area contributed by atoms with Crippen molar-refractivity contribution in [3.05, 3.63) is 70.5 Å². The minimum absolute atomic E-state index is 0.0398. The van der Waals surface area contributed by atoms with Crippen LogP contribution in [0, 0.1) is 5.82 Å². The lowest BCUT2D eigenvalue weighted by Gasteiger charge is -2.44. The molecule has 2 aliphatic heterocycles. The quantitative estimate of drug-likeness (QED) is 0.585. The summed E-state index contributed by atoms with van der Waals surface area (Å²) in [7, 11) is 0. The van der Waals surface area contributed by atoms with Crippen LogP contribution < -0.4 is 5.32 Å². The number of halogens is 2. The summed E-state index contributed by atoms with van der Waals surface area (Å²) in [5, 5.41) is 3.66. The third-order valence-electron chi connectivity index (χ3n) is 7.29. The monoisotopic (exact) mass is 530 g/mol. The second kappa shape index (κ2) is 12.7. The van der Waals surface area contributed by atoms with Crippen molar-refractivity contribution in [2.24, 2.45) is 0 Å². The number of hydrogen-bond acceptors (Lipinski definition) is 4. The summed E-state index contributed by atoms with van der Waals surface area (Å²) >= 11 is 6.10. The Labute approximate surface area is 223 Å². The largest absolute Gasteiger partial charge is 0.378 e. The standard InChI is InChI=1S/C28H36ClFN4O3/c1-20-18-34(21(2)17-33(20)19-22-3-9-26(30)10-4-22)27(35)15-24(23-5-7-25(29)8-6-23)16-31-28(36)32-11-13-37-14-12-32/h3-10,20-21,24H,11-19H2,1-2H3,(H,31,36). The topological polar surface area (TPSA) is 65.1 Å². The van der Waals surface area contributed by atoms with E-state index in [0.29, 0.717) is 50.8 Å². The summed E-state index contributed by atoms with van der Waals surface area (Å²) in [6.45, 7) is 8.83. The summed E-state index contributed by atoms with van der Waals surface area (Å²) in [5.74, 6) is -0.340. The molecule has 200 valence electrons. The second-order valence-electron chi connectivity index (χ2n) is 10.0. The van der Waals surface area contributed by atoms with E-state index in [1.807, 2.05) is 41.3 Å². The Morgan fingerprint density at radius 1 is 1.03 bits per heavy atom. The molecule has 2 saturated heterocycles. The number of amides is 3. The second-order valence-corrected chi connectivity index (χ2v) is 10.5. The Hall–Kier alpha value is -2.68. The molecule has 9 heteroatoms. The normalized spacial score (nSPS) is 21.5. The first-order valence-corrected chi connectivity index (χ1v) is 13.3. The predicted molar refractivity (Wildman–Crippen MR) is 142 cm³/mol. The van der Waals surface area contributed by atoms with E-state index in [4.69, 9.17) is 16.3 Å². The van der Waals surface area contributed by atoms with Crippen molar-refractivity contribution in [1.82, 2.24) is 20.0 Å². The van der Waals surface area contributed by atoms with Crippen LogP contribution in [0.5, 0.6) is 0 Å². The van der Waals surface area contributed by atoms with Gasteiger partial charge in [0.25, 0.3) is 0 Å². The number of benzene rings is 2. The molecule has 0 bridgehead atoms. The minimum atomic E-state index is -0.239. The molecule has 7 nitrogen and oxygen atoms in total. The first-order valence-electron chi connectivity index (χ1n) is 12.9. The summed E-state index contributed by atoms with van der Waals surface area (Å²) in [6, 6.07) is 14.1. The number of morpholine rings is 1. The van der Waals surface area contributed by atoms with Crippen molar-refractivity contribution in [3.8, 4) is 0 Å². The molecule has 2 heterocycles. The summed E-state index contributed by atoms with van der Waals surface area (Å²) in [4.78, 5) is 32.3. The average Bonchev–Trinajstić information content (AvgIpc) is 2.90. The fourth-order valence-electron chi connectivity index (χ4n) is 5.05. The molecule has 0 aliphatic carbocycles. The lowest BCUT2D eigenvalue weighted by molar-refractivity contribution is -0.137. The smallest absolute Gasteiger partial charge is 0.317 e. The van der Waals surface area contributed by atoms with Crippen LogP contribution in [0.3, 0.4) is 0 Å². The zero-order valence-electron chi connectivity index (χ0n) is 21.5. The van der Waals surface area contributed by atoms with E-state index in [9.17, 15) is 14.0 Å². The van der Waals surface area contributed by atoms with Crippen molar-refractivity contribution in [2.75, 3.05) is 45.9 Å². The number of nitrogens with zero attached hydrogens (tertiary/aromatic N) is 3. The van der Waals surface area contributed by atoms with Gasteiger partial charge in [0.1, 0.15) is 5.82 Å². The highest BCUT2D eigenvalue weighted by Crippen LogP contribution is 2.25. The van der Waals surface area contributed by atoms with Crippen molar-refractivity contribution in [1.29, 1.82) is 0 Å². The van der Waals surface area contributed by atoms with Crippen LogP contribution in [0.1, 0.15) is 37.3 Å². The van der Waals surface area contributed by atoms with Gasteiger partial charge in [0.2, 0.25) is 5.91 Å². The van der Waals surface area contributed by atoms with Gasteiger partial charge in [-0.05, 0) is 49.2 Å². The Bertz CT molecular complexity index is 1050. The Balaban J connectivity index is 1.39. The van der Waals surface area contributed by atoms with Gasteiger partial charge < -0.3 is 19.9 Å². The number of nitrogens with one attached hydrogen (secondary N) is 1. The number of urea groups is 1. The van der Waals surface area contributed by atoms with Crippen LogP contribution in [0.25, 0.3) is 0 Å². The zero-order chi connectivity index (χ0) is 26.4. The molecular weight excluding hydrogens is 495 g/mol. The third-order valence-corrected chi connectivity index (χ3v) is 7.55. The average molecular weight is 531 g/mol. The fourth-order valence-corrected chi connectivity index (χ4v) is 5.18. The summed E-state index contributed by atoms with van der Waals surface area (Å²) in [5.41, 5.74) is 2.02. The number of piperazine rings is 1. The summed E-state index contributed by atoms with van der Waals surface area (Å²) in [6.07, 6.45) is 0.292. The molecule has 37 heavy (non-hydrogen) atoms. The van der Waals surface area contributed by atoms with Crippen LogP contribution in [-0.4, -0.2) is 84.7 Å². The first kappa shape index (κ1) is 27.4. The van der Waals surface area contributed by atoms with Gasteiger partial charge in [-0.2, -0.15) is 0 Å². The van der Waals surface area contributed by atoms with Crippen molar-refractivity contribution in [2.45, 2.75) is 44.8 Å². The van der Waals surface area contributed by atoms with E-state index in [1.165, 1.54) is 12.1 Å². The van der Waals surface area contributed by atoms with Crippen LogP contribution in [0.4, 0.5) is 9.18 Å². The Kier molecular flexibility index (Phi) is 9.40. The molecule has 2 aromatic rings. The lowest BCUT2D eigenvalue weighted by atomic mass is 9.94. The zero-order valence-corrected chi connectivity index (χ0v) is 22.3. The van der Waals surface area contributed by atoms with E-state index in [1.54, 1.807) is 4.90 Å². The number of carbonyl (C=O) groups is 2. The van der Waals surface area contributed by atoms with E-state index >= 15 is 0 Å². The molecule has 2 fully saturated rings. The van der Waals surface area contributed by atoms with Crippen molar-refractivity contribution >= 4 is 23.5 Å². The molecule has 0 radical (unpaired) electrons. The van der Waals surface area contributed by atoms with Gasteiger partial charge in [0.05, 0.1) is 13.2 Å². The Morgan fingerprint density at radius 2 is 1.70 bits per heavy atom. The van der Waals surface area contributed by atoms with Crippen LogP contribution >= 0.6 is 11.6 Å². The van der Waals surface area contributed by atoms with Crippen molar-refractivity contribution in [3.63, 3.8) is 0 Å². The van der Waals surface area contributed by atoms with Crippen molar-refractivity contribution < 1.29 is 18.7 Å². The van der Waals surface area contributed by atoms with Crippen LogP contribution in [0.2, 0.25) is 5.02 Å².